The number of terminal acetylenes is 1. The third kappa shape index (κ3) is 4.92. The first-order chi connectivity index (χ1) is 9.74. The third-order valence-corrected chi connectivity index (χ3v) is 3.71. The van der Waals surface area contributed by atoms with Crippen LogP contribution in [0.3, 0.4) is 0 Å². The zero-order valence-corrected chi connectivity index (χ0v) is 13.3. The summed E-state index contributed by atoms with van der Waals surface area (Å²) >= 11 is 0. The smallest absolute Gasteiger partial charge is 0.407 e. The number of nitrogens with one attached hydrogen (secondary N) is 2. The Labute approximate surface area is 126 Å². The largest absolute Gasteiger partial charge is 0.453 e. The average molecular weight is 300 g/mol. The van der Waals surface area contributed by atoms with E-state index in [4.69, 9.17) is 6.42 Å². The molecule has 0 aliphatic carbocycles. The van der Waals surface area contributed by atoms with Crippen molar-refractivity contribution in [3.05, 3.63) is 0 Å². The van der Waals surface area contributed by atoms with Crippen molar-refractivity contribution in [1.29, 1.82) is 0 Å². The summed E-state index contributed by atoms with van der Waals surface area (Å²) in [4.78, 5) is 24.0. The van der Waals surface area contributed by atoms with Crippen LogP contribution in [0.5, 0.6) is 0 Å². The summed E-state index contributed by atoms with van der Waals surface area (Å²) in [7, 11) is 1.23. The number of hydrogen-bond acceptors (Lipinski definition) is 3. The first-order valence-corrected chi connectivity index (χ1v) is 6.99. The number of hydrogen-bond donors (Lipinski definition) is 2. The van der Waals surface area contributed by atoms with Crippen LogP contribution in [0.25, 0.3) is 0 Å². The molecule has 0 aliphatic heterocycles. The minimum Gasteiger partial charge on any atom is -0.453 e. The van der Waals surface area contributed by atoms with Crippen molar-refractivity contribution < 1.29 is 18.7 Å². The highest BCUT2D eigenvalue weighted by Crippen LogP contribution is 2.22. The first-order valence-electron chi connectivity index (χ1n) is 6.99. The molecule has 2 amide bonds. The summed E-state index contributed by atoms with van der Waals surface area (Å²) in [5.41, 5.74) is -1.12. The fourth-order valence-corrected chi connectivity index (χ4v) is 2.07. The van der Waals surface area contributed by atoms with E-state index >= 15 is 0 Å². The van der Waals surface area contributed by atoms with E-state index in [1.54, 1.807) is 6.92 Å². The van der Waals surface area contributed by atoms with Crippen LogP contribution in [-0.4, -0.2) is 37.4 Å². The van der Waals surface area contributed by atoms with Crippen LogP contribution in [0.1, 0.15) is 34.1 Å². The van der Waals surface area contributed by atoms with Gasteiger partial charge in [-0.15, -0.1) is 6.42 Å². The molecule has 0 aromatic rings. The minimum absolute atomic E-state index is 0.0182. The monoisotopic (exact) mass is 300 g/mol. The SMILES string of the molecule is C#CC(CNC(=O)C(CC)(NC(=O)OC)C(C)C)C(C)F. The van der Waals surface area contributed by atoms with Crippen LogP contribution in [0.15, 0.2) is 0 Å². The lowest BCUT2D eigenvalue weighted by molar-refractivity contribution is -0.129. The highest BCUT2D eigenvalue weighted by molar-refractivity contribution is 5.90. The molecule has 0 bridgehead atoms. The minimum atomic E-state index is -1.22. The lowest BCUT2D eigenvalue weighted by Gasteiger charge is -2.35. The molecule has 0 heterocycles. The number of alkyl carbamates (subject to hydrolysis) is 1. The molecule has 3 atom stereocenters. The van der Waals surface area contributed by atoms with Crippen molar-refractivity contribution >= 4 is 12.0 Å². The van der Waals surface area contributed by atoms with Gasteiger partial charge < -0.3 is 15.4 Å². The van der Waals surface area contributed by atoms with Gasteiger partial charge in [0.25, 0.3) is 0 Å². The summed E-state index contributed by atoms with van der Waals surface area (Å²) in [6, 6.07) is 0. The molecule has 6 heteroatoms. The molecule has 0 saturated carbocycles. The van der Waals surface area contributed by atoms with Crippen molar-refractivity contribution in [1.82, 2.24) is 10.6 Å². The van der Waals surface area contributed by atoms with Crippen LogP contribution in [-0.2, 0) is 9.53 Å². The lowest BCUT2D eigenvalue weighted by Crippen LogP contribution is -2.62. The van der Waals surface area contributed by atoms with Crippen LogP contribution >= 0.6 is 0 Å². The van der Waals surface area contributed by atoms with Gasteiger partial charge in [0.1, 0.15) is 11.7 Å². The van der Waals surface area contributed by atoms with Crippen LogP contribution < -0.4 is 10.6 Å². The summed E-state index contributed by atoms with van der Waals surface area (Å²) in [6.45, 7) is 6.78. The Morgan fingerprint density at radius 2 is 1.95 bits per heavy atom. The van der Waals surface area contributed by atoms with Crippen LogP contribution in [0, 0.1) is 24.2 Å². The number of halogens is 1. The zero-order valence-electron chi connectivity index (χ0n) is 13.3. The zero-order chi connectivity index (χ0) is 16.6. The Kier molecular flexibility index (Phi) is 7.79. The lowest BCUT2D eigenvalue weighted by atomic mass is 9.82. The molecule has 2 N–H and O–H groups in total. The Hall–Kier alpha value is -1.77. The van der Waals surface area contributed by atoms with Crippen molar-refractivity contribution in [2.75, 3.05) is 13.7 Å². The number of carbonyl (C=O) groups excluding carboxylic acids is 2. The van der Waals surface area contributed by atoms with E-state index in [2.05, 4.69) is 21.3 Å². The van der Waals surface area contributed by atoms with Gasteiger partial charge in [0.05, 0.1) is 13.0 Å². The molecule has 0 spiro atoms. The molecule has 120 valence electrons. The summed E-state index contributed by atoms with van der Waals surface area (Å²) in [5.74, 6) is 1.04. The van der Waals surface area contributed by atoms with Crippen molar-refractivity contribution in [2.45, 2.75) is 45.8 Å². The molecule has 0 radical (unpaired) electrons. The van der Waals surface area contributed by atoms with Gasteiger partial charge in [0.2, 0.25) is 5.91 Å². The highest BCUT2D eigenvalue weighted by atomic mass is 19.1. The molecule has 5 nitrogen and oxygen atoms in total. The second kappa shape index (κ2) is 8.50. The number of ether oxygens (including phenoxy) is 1. The molecular formula is C15H25FN2O3. The Bertz CT molecular complexity index is 404. The molecular weight excluding hydrogens is 275 g/mol. The fraction of sp³-hybridized carbons (Fsp3) is 0.733. The highest BCUT2D eigenvalue weighted by Gasteiger charge is 2.41. The Morgan fingerprint density at radius 3 is 2.29 bits per heavy atom. The number of rotatable bonds is 7. The quantitative estimate of drug-likeness (QED) is 0.705. The fourth-order valence-electron chi connectivity index (χ4n) is 2.07. The number of alkyl halides is 1. The summed E-state index contributed by atoms with van der Waals surface area (Å²) in [5, 5.41) is 5.21. The average Bonchev–Trinajstić information content (AvgIpc) is 2.44. The van der Waals surface area contributed by atoms with Crippen LogP contribution in [0.2, 0.25) is 0 Å². The topological polar surface area (TPSA) is 67.4 Å². The van der Waals surface area contributed by atoms with Gasteiger partial charge in [-0.25, -0.2) is 9.18 Å². The van der Waals surface area contributed by atoms with E-state index in [0.29, 0.717) is 6.42 Å². The summed E-state index contributed by atoms with van der Waals surface area (Å²) in [6.07, 6.45) is 3.69. The van der Waals surface area contributed by atoms with Crippen molar-refractivity contribution in [3.8, 4) is 12.3 Å². The Balaban J connectivity index is 5.05. The van der Waals surface area contributed by atoms with Crippen LogP contribution in [0.4, 0.5) is 9.18 Å². The standard InChI is InChI=1S/C15H25FN2O3/c1-7-12(11(5)16)9-17-13(19)15(8-2,10(3)4)18-14(20)21-6/h1,10-12H,8-9H2,2-6H3,(H,17,19)(H,18,20). The number of methoxy groups -OCH3 is 1. The van der Waals surface area contributed by atoms with E-state index < -0.39 is 29.6 Å². The molecule has 0 aromatic carbocycles. The van der Waals surface area contributed by atoms with Gasteiger partial charge >= 0.3 is 6.09 Å². The molecule has 0 fully saturated rings. The van der Waals surface area contributed by atoms with Gasteiger partial charge in [-0.2, -0.15) is 0 Å². The molecule has 0 aliphatic rings. The first kappa shape index (κ1) is 19.2. The predicted molar refractivity (Wildman–Crippen MR) is 79.3 cm³/mol. The third-order valence-electron chi connectivity index (χ3n) is 3.71. The van der Waals surface area contributed by atoms with E-state index in [9.17, 15) is 14.0 Å². The van der Waals surface area contributed by atoms with Gasteiger partial charge in [-0.3, -0.25) is 4.79 Å². The van der Waals surface area contributed by atoms with E-state index in [-0.39, 0.29) is 12.5 Å². The van der Waals surface area contributed by atoms with E-state index in [1.807, 2.05) is 13.8 Å². The van der Waals surface area contributed by atoms with E-state index in [0.717, 1.165) is 0 Å². The van der Waals surface area contributed by atoms with Gasteiger partial charge in [0.15, 0.2) is 0 Å². The predicted octanol–water partition coefficient (Wildman–Crippen LogP) is 1.87. The second-order valence-corrected chi connectivity index (χ2v) is 5.26. The van der Waals surface area contributed by atoms with Gasteiger partial charge in [-0.1, -0.05) is 26.7 Å². The maximum absolute atomic E-state index is 13.2. The molecule has 3 unspecified atom stereocenters. The number of carbonyl (C=O) groups is 2. The van der Waals surface area contributed by atoms with E-state index in [1.165, 1.54) is 14.0 Å². The molecule has 0 aromatic heterocycles. The Morgan fingerprint density at radius 1 is 1.38 bits per heavy atom. The molecule has 0 rings (SSSR count). The molecule has 0 saturated heterocycles. The maximum atomic E-state index is 13.2. The second-order valence-electron chi connectivity index (χ2n) is 5.26. The maximum Gasteiger partial charge on any atom is 0.407 e. The molecule has 21 heavy (non-hydrogen) atoms. The van der Waals surface area contributed by atoms with Gasteiger partial charge in [0, 0.05) is 6.54 Å². The van der Waals surface area contributed by atoms with Gasteiger partial charge in [-0.05, 0) is 19.3 Å². The van der Waals surface area contributed by atoms with Crippen molar-refractivity contribution in [3.63, 3.8) is 0 Å². The number of amides is 2. The normalized spacial score (nSPS) is 16.3. The van der Waals surface area contributed by atoms with Crippen molar-refractivity contribution in [2.24, 2.45) is 11.8 Å². The summed E-state index contributed by atoms with van der Waals surface area (Å²) < 4.78 is 17.8.